The fourth-order valence-electron chi connectivity index (χ4n) is 3.77. The second kappa shape index (κ2) is 7.58. The Morgan fingerprint density at radius 1 is 1.04 bits per heavy atom. The molecule has 2 N–H and O–H groups in total. The van der Waals surface area contributed by atoms with Crippen LogP contribution in [0, 0.1) is 5.82 Å². The second-order valence-electron chi connectivity index (χ2n) is 7.15. The van der Waals surface area contributed by atoms with E-state index in [4.69, 9.17) is 10.3 Å². The van der Waals surface area contributed by atoms with Crippen LogP contribution in [0.25, 0.3) is 11.4 Å². The van der Waals surface area contributed by atoms with Crippen LogP contribution in [0.15, 0.2) is 59.1 Å². The van der Waals surface area contributed by atoms with Crippen LogP contribution in [0.5, 0.6) is 0 Å². The van der Waals surface area contributed by atoms with Gasteiger partial charge in [0.05, 0.1) is 6.54 Å². The molecular weight excluding hydrogens is 343 g/mol. The van der Waals surface area contributed by atoms with Crippen LogP contribution in [-0.4, -0.2) is 34.7 Å². The summed E-state index contributed by atoms with van der Waals surface area (Å²) in [6.07, 6.45) is 2.01. The fraction of sp³-hybridized carbons (Fsp3) is 0.333. The van der Waals surface area contributed by atoms with Gasteiger partial charge in [0, 0.05) is 17.5 Å². The molecule has 4 rings (SSSR count). The van der Waals surface area contributed by atoms with Crippen molar-refractivity contribution in [1.82, 2.24) is 15.0 Å². The van der Waals surface area contributed by atoms with Gasteiger partial charge in [0.2, 0.25) is 11.7 Å². The minimum absolute atomic E-state index is 0.0475. The molecule has 27 heavy (non-hydrogen) atoms. The third-order valence-corrected chi connectivity index (χ3v) is 5.52. The monoisotopic (exact) mass is 366 g/mol. The molecule has 2 heterocycles. The molecule has 0 atom stereocenters. The Morgan fingerprint density at radius 3 is 2.41 bits per heavy atom. The van der Waals surface area contributed by atoms with Gasteiger partial charge < -0.3 is 10.3 Å². The molecule has 1 aliphatic heterocycles. The molecule has 3 aromatic rings. The molecule has 0 aliphatic carbocycles. The van der Waals surface area contributed by atoms with E-state index in [2.05, 4.69) is 39.3 Å². The number of likely N-dealkylation sites (tertiary alicyclic amines) is 1. The van der Waals surface area contributed by atoms with Gasteiger partial charge in [-0.15, -0.1) is 0 Å². The molecule has 0 saturated carbocycles. The lowest BCUT2D eigenvalue weighted by Gasteiger charge is -2.41. The molecule has 140 valence electrons. The average molecular weight is 366 g/mol. The number of nitrogens with two attached hydrogens (primary N) is 1. The molecule has 2 aromatic carbocycles. The Balaban J connectivity index is 1.40. The largest absolute Gasteiger partial charge is 0.338 e. The highest BCUT2D eigenvalue weighted by molar-refractivity contribution is 5.53. The smallest absolute Gasteiger partial charge is 0.241 e. The molecule has 1 fully saturated rings. The maximum atomic E-state index is 13.1. The van der Waals surface area contributed by atoms with Crippen LogP contribution < -0.4 is 5.73 Å². The first-order chi connectivity index (χ1) is 13.2. The highest BCUT2D eigenvalue weighted by Crippen LogP contribution is 2.34. The number of piperidine rings is 1. The minimum Gasteiger partial charge on any atom is -0.338 e. The summed E-state index contributed by atoms with van der Waals surface area (Å²) in [5.41, 5.74) is 8.28. The zero-order valence-electron chi connectivity index (χ0n) is 15.1. The summed E-state index contributed by atoms with van der Waals surface area (Å²) in [6.45, 7) is 3.13. The normalized spacial score (nSPS) is 17.1. The van der Waals surface area contributed by atoms with Crippen molar-refractivity contribution in [3.63, 3.8) is 0 Å². The Hall–Kier alpha value is -2.57. The van der Waals surface area contributed by atoms with Gasteiger partial charge in [-0.25, -0.2) is 4.39 Å². The maximum absolute atomic E-state index is 13.1. The molecule has 1 aliphatic rings. The molecule has 5 nitrogen and oxygen atoms in total. The molecule has 6 heteroatoms. The third-order valence-electron chi connectivity index (χ3n) is 5.52. The lowest BCUT2D eigenvalue weighted by atomic mass is 9.73. The fourth-order valence-corrected chi connectivity index (χ4v) is 3.77. The number of rotatable bonds is 5. The van der Waals surface area contributed by atoms with Crippen molar-refractivity contribution < 1.29 is 8.91 Å². The first-order valence-corrected chi connectivity index (χ1v) is 9.25. The van der Waals surface area contributed by atoms with E-state index >= 15 is 0 Å². The summed E-state index contributed by atoms with van der Waals surface area (Å²) < 4.78 is 18.4. The van der Waals surface area contributed by atoms with Crippen LogP contribution in [0.3, 0.4) is 0 Å². The van der Waals surface area contributed by atoms with Crippen molar-refractivity contribution in [1.29, 1.82) is 0 Å². The summed E-state index contributed by atoms with van der Waals surface area (Å²) in [7, 11) is 0. The van der Waals surface area contributed by atoms with E-state index in [1.807, 2.05) is 6.07 Å². The number of nitrogens with zero attached hydrogens (tertiary/aromatic N) is 3. The highest BCUT2D eigenvalue weighted by atomic mass is 19.1. The van der Waals surface area contributed by atoms with Crippen LogP contribution in [0.1, 0.15) is 24.3 Å². The lowest BCUT2D eigenvalue weighted by molar-refractivity contribution is 0.141. The Kier molecular flexibility index (Phi) is 5.01. The van der Waals surface area contributed by atoms with Gasteiger partial charge in [0.1, 0.15) is 5.82 Å². The molecule has 0 spiro atoms. The second-order valence-corrected chi connectivity index (χ2v) is 7.15. The van der Waals surface area contributed by atoms with E-state index < -0.39 is 0 Å². The molecule has 1 aromatic heterocycles. The van der Waals surface area contributed by atoms with E-state index in [1.54, 1.807) is 12.1 Å². The minimum atomic E-state index is -0.280. The van der Waals surface area contributed by atoms with Gasteiger partial charge in [0.25, 0.3) is 0 Å². The van der Waals surface area contributed by atoms with Crippen LogP contribution in [0.4, 0.5) is 4.39 Å². The number of hydrogen-bond acceptors (Lipinski definition) is 5. The van der Waals surface area contributed by atoms with Crippen molar-refractivity contribution in [2.45, 2.75) is 24.8 Å². The van der Waals surface area contributed by atoms with Gasteiger partial charge in [-0.1, -0.05) is 35.5 Å². The molecular formula is C21H23FN4O. The number of benzene rings is 2. The third kappa shape index (κ3) is 3.77. The van der Waals surface area contributed by atoms with E-state index in [1.165, 1.54) is 17.7 Å². The summed E-state index contributed by atoms with van der Waals surface area (Å²) >= 11 is 0. The van der Waals surface area contributed by atoms with E-state index in [0.29, 0.717) is 24.8 Å². The van der Waals surface area contributed by atoms with Crippen molar-refractivity contribution in [2.24, 2.45) is 5.73 Å². The SMILES string of the molecule is NCC1(c2ccccc2)CCN(Cc2nc(-c3ccc(F)cc3)no2)CC1. The van der Waals surface area contributed by atoms with Crippen molar-refractivity contribution in [3.8, 4) is 11.4 Å². The summed E-state index contributed by atoms with van der Waals surface area (Å²) in [5.74, 6) is 0.787. The van der Waals surface area contributed by atoms with Gasteiger partial charge in [-0.3, -0.25) is 4.90 Å². The van der Waals surface area contributed by atoms with Crippen molar-refractivity contribution >= 4 is 0 Å². The maximum Gasteiger partial charge on any atom is 0.241 e. The Labute approximate surface area is 158 Å². The van der Waals surface area contributed by atoms with E-state index in [-0.39, 0.29) is 11.2 Å². The van der Waals surface area contributed by atoms with Gasteiger partial charge in [0.15, 0.2) is 0 Å². The van der Waals surface area contributed by atoms with E-state index in [0.717, 1.165) is 31.5 Å². The number of halogens is 1. The lowest BCUT2D eigenvalue weighted by Crippen LogP contribution is -2.46. The molecule has 0 bridgehead atoms. The Bertz CT molecular complexity index is 871. The van der Waals surface area contributed by atoms with Gasteiger partial charge in [-0.2, -0.15) is 4.98 Å². The first-order valence-electron chi connectivity index (χ1n) is 9.25. The molecule has 0 amide bonds. The summed E-state index contributed by atoms with van der Waals surface area (Å²) in [5, 5.41) is 4.02. The Morgan fingerprint density at radius 2 is 1.74 bits per heavy atom. The standard InChI is InChI=1S/C21H23FN4O/c22-18-8-6-16(7-9-18)20-24-19(27-25-20)14-26-12-10-21(15-23,11-13-26)17-4-2-1-3-5-17/h1-9H,10-15,23H2. The highest BCUT2D eigenvalue weighted by Gasteiger charge is 2.35. The first kappa shape index (κ1) is 17.8. The summed E-state index contributed by atoms with van der Waals surface area (Å²) in [6, 6.07) is 16.6. The van der Waals surface area contributed by atoms with Gasteiger partial charge in [-0.05, 0) is 55.8 Å². The zero-order chi connectivity index (χ0) is 18.7. The predicted molar refractivity (Wildman–Crippen MR) is 101 cm³/mol. The molecule has 1 saturated heterocycles. The molecule has 0 radical (unpaired) electrons. The average Bonchev–Trinajstić information content (AvgIpc) is 3.18. The van der Waals surface area contributed by atoms with Crippen LogP contribution in [-0.2, 0) is 12.0 Å². The van der Waals surface area contributed by atoms with Gasteiger partial charge >= 0.3 is 0 Å². The van der Waals surface area contributed by atoms with Crippen molar-refractivity contribution in [2.75, 3.05) is 19.6 Å². The van der Waals surface area contributed by atoms with E-state index in [9.17, 15) is 4.39 Å². The summed E-state index contributed by atoms with van der Waals surface area (Å²) in [4.78, 5) is 6.77. The predicted octanol–water partition coefficient (Wildman–Crippen LogP) is 3.37. The number of aromatic nitrogens is 2. The van der Waals surface area contributed by atoms with Crippen molar-refractivity contribution in [3.05, 3.63) is 71.9 Å². The zero-order valence-corrected chi connectivity index (χ0v) is 15.1. The van der Waals surface area contributed by atoms with Crippen LogP contribution >= 0.6 is 0 Å². The molecule has 0 unspecified atom stereocenters. The topological polar surface area (TPSA) is 68.2 Å². The van der Waals surface area contributed by atoms with Crippen LogP contribution in [0.2, 0.25) is 0 Å². The number of hydrogen-bond donors (Lipinski definition) is 1. The quantitative estimate of drug-likeness (QED) is 0.750.